The molecule has 1 aromatic rings. The van der Waals surface area contributed by atoms with Crippen LogP contribution in [-0.4, -0.2) is 44.0 Å². The van der Waals surface area contributed by atoms with Gasteiger partial charge in [0.2, 0.25) is 5.91 Å². The summed E-state index contributed by atoms with van der Waals surface area (Å²) in [6.45, 7) is 2.92. The fourth-order valence-electron chi connectivity index (χ4n) is 2.09. The number of likely N-dealkylation sites (N-methyl/N-ethyl adjacent to an activating group) is 1. The molecule has 0 radical (unpaired) electrons. The third kappa shape index (κ3) is 10.4. The normalized spacial score (nSPS) is 11.6. The molecule has 0 unspecified atom stereocenters. The lowest BCUT2D eigenvalue weighted by Crippen LogP contribution is -2.43. The van der Waals surface area contributed by atoms with Crippen LogP contribution < -0.4 is 10.6 Å². The molecular formula is C18H28F3IN4O. The summed E-state index contributed by atoms with van der Waals surface area (Å²) in [5.41, 5.74) is -0.244. The van der Waals surface area contributed by atoms with E-state index in [2.05, 4.69) is 22.5 Å². The summed E-state index contributed by atoms with van der Waals surface area (Å²) in [5, 5.41) is 6.03. The van der Waals surface area contributed by atoms with Crippen molar-refractivity contribution in [3.8, 4) is 0 Å². The zero-order valence-electron chi connectivity index (χ0n) is 15.9. The van der Waals surface area contributed by atoms with Gasteiger partial charge in [0.05, 0.1) is 18.7 Å². The monoisotopic (exact) mass is 500 g/mol. The van der Waals surface area contributed by atoms with Crippen LogP contribution in [0.2, 0.25) is 0 Å². The predicted molar refractivity (Wildman–Crippen MR) is 112 cm³/mol. The number of hydrogen-bond donors (Lipinski definition) is 2. The second kappa shape index (κ2) is 12.8. The molecule has 1 rings (SSSR count). The number of halogens is 4. The van der Waals surface area contributed by atoms with Gasteiger partial charge in [-0.2, -0.15) is 13.2 Å². The number of unbranched alkanes of at least 4 members (excludes halogenated alkanes) is 2. The molecule has 0 aliphatic rings. The molecule has 0 aromatic heterocycles. The van der Waals surface area contributed by atoms with Gasteiger partial charge in [0.25, 0.3) is 0 Å². The van der Waals surface area contributed by atoms with Crippen molar-refractivity contribution in [2.75, 3.05) is 27.2 Å². The predicted octanol–water partition coefficient (Wildman–Crippen LogP) is 3.64. The number of nitrogens with one attached hydrogen (secondary N) is 2. The summed E-state index contributed by atoms with van der Waals surface area (Å²) in [6.07, 6.45) is -1.30. The number of amides is 1. The van der Waals surface area contributed by atoms with Crippen LogP contribution in [0.25, 0.3) is 0 Å². The van der Waals surface area contributed by atoms with E-state index in [0.717, 1.165) is 31.4 Å². The molecule has 0 heterocycles. The van der Waals surface area contributed by atoms with Gasteiger partial charge in [-0.1, -0.05) is 31.9 Å². The maximum absolute atomic E-state index is 12.8. The first-order chi connectivity index (χ1) is 12.2. The lowest BCUT2D eigenvalue weighted by Gasteiger charge is -2.15. The quantitative estimate of drug-likeness (QED) is 0.248. The number of nitrogens with zero attached hydrogens (tertiary/aromatic N) is 2. The Morgan fingerprint density at radius 2 is 1.89 bits per heavy atom. The number of carbonyl (C=O) groups is 1. The molecule has 5 nitrogen and oxygen atoms in total. The minimum absolute atomic E-state index is 0. The number of carbonyl (C=O) groups excluding carboxylic acids is 1. The van der Waals surface area contributed by atoms with Crippen molar-refractivity contribution in [2.24, 2.45) is 4.99 Å². The molecule has 0 atom stereocenters. The smallest absolute Gasteiger partial charge is 0.356 e. The Balaban J connectivity index is 0.00000676. The summed E-state index contributed by atoms with van der Waals surface area (Å²) in [6, 6.07) is 5.08. The first-order valence-electron chi connectivity index (χ1n) is 8.62. The lowest BCUT2D eigenvalue weighted by molar-refractivity contribution is -0.137. The van der Waals surface area contributed by atoms with Crippen LogP contribution in [0.15, 0.2) is 29.3 Å². The second-order valence-electron chi connectivity index (χ2n) is 6.14. The van der Waals surface area contributed by atoms with Gasteiger partial charge in [-0.3, -0.25) is 4.79 Å². The number of aliphatic imine (C=N–C) groups is 1. The topological polar surface area (TPSA) is 56.7 Å². The van der Waals surface area contributed by atoms with E-state index in [1.54, 1.807) is 20.2 Å². The zero-order valence-corrected chi connectivity index (χ0v) is 18.2. The molecule has 2 N–H and O–H groups in total. The van der Waals surface area contributed by atoms with Gasteiger partial charge in [0.1, 0.15) is 0 Å². The molecule has 9 heteroatoms. The number of guanidine groups is 1. The molecule has 1 aromatic carbocycles. The highest BCUT2D eigenvalue weighted by Gasteiger charge is 2.30. The molecule has 0 aliphatic heterocycles. The van der Waals surface area contributed by atoms with Crippen LogP contribution >= 0.6 is 24.0 Å². The number of hydrogen-bond acceptors (Lipinski definition) is 2. The van der Waals surface area contributed by atoms with Crippen LogP contribution in [0.1, 0.15) is 37.3 Å². The van der Waals surface area contributed by atoms with Crippen LogP contribution in [-0.2, 0) is 17.5 Å². The highest BCUT2D eigenvalue weighted by molar-refractivity contribution is 14.0. The fraction of sp³-hybridized carbons (Fsp3) is 0.556. The Labute approximate surface area is 175 Å². The van der Waals surface area contributed by atoms with Gasteiger partial charge in [0.15, 0.2) is 5.96 Å². The van der Waals surface area contributed by atoms with E-state index in [9.17, 15) is 18.0 Å². The van der Waals surface area contributed by atoms with Crippen LogP contribution in [0, 0.1) is 0 Å². The minimum atomic E-state index is -4.38. The highest BCUT2D eigenvalue weighted by atomic mass is 127. The van der Waals surface area contributed by atoms with Crippen molar-refractivity contribution in [3.63, 3.8) is 0 Å². The molecule has 0 fully saturated rings. The first kappa shape index (κ1) is 25.5. The van der Waals surface area contributed by atoms with E-state index in [1.165, 1.54) is 11.0 Å². The summed E-state index contributed by atoms with van der Waals surface area (Å²) in [7, 11) is 3.30. The van der Waals surface area contributed by atoms with Crippen molar-refractivity contribution in [1.82, 2.24) is 15.5 Å². The van der Waals surface area contributed by atoms with E-state index >= 15 is 0 Å². The molecule has 0 spiro atoms. The Kier molecular flexibility index (Phi) is 12.1. The van der Waals surface area contributed by atoms with Gasteiger partial charge < -0.3 is 15.5 Å². The van der Waals surface area contributed by atoms with Crippen molar-refractivity contribution in [1.29, 1.82) is 0 Å². The van der Waals surface area contributed by atoms with E-state index in [1.807, 2.05) is 0 Å². The van der Waals surface area contributed by atoms with E-state index < -0.39 is 11.7 Å². The van der Waals surface area contributed by atoms with Crippen molar-refractivity contribution >= 4 is 35.8 Å². The van der Waals surface area contributed by atoms with Crippen molar-refractivity contribution < 1.29 is 18.0 Å². The van der Waals surface area contributed by atoms with Crippen LogP contribution in [0.4, 0.5) is 13.2 Å². The largest absolute Gasteiger partial charge is 0.416 e. The standard InChI is InChI=1S/C18H27F3N4O.HI/c1-4-5-6-10-22-17(24-13-16(26)25(2)3)23-12-14-8-7-9-15(11-14)18(19,20)21;/h7-9,11H,4-6,10,12-13H2,1-3H3,(H2,22,23,24);1H. The molecule has 27 heavy (non-hydrogen) atoms. The van der Waals surface area contributed by atoms with E-state index in [0.29, 0.717) is 18.1 Å². The molecule has 154 valence electrons. The molecular weight excluding hydrogens is 472 g/mol. The van der Waals surface area contributed by atoms with Crippen LogP contribution in [0.3, 0.4) is 0 Å². The van der Waals surface area contributed by atoms with Crippen molar-refractivity contribution in [3.05, 3.63) is 35.4 Å². The summed E-state index contributed by atoms with van der Waals surface area (Å²) in [5.74, 6) is 0.292. The van der Waals surface area contributed by atoms with Crippen molar-refractivity contribution in [2.45, 2.75) is 38.9 Å². The number of alkyl halides is 3. The van der Waals surface area contributed by atoms with Gasteiger partial charge in [0, 0.05) is 20.6 Å². The van der Waals surface area contributed by atoms with E-state index in [4.69, 9.17) is 0 Å². The minimum Gasteiger partial charge on any atom is -0.356 e. The lowest BCUT2D eigenvalue weighted by atomic mass is 10.1. The average molecular weight is 500 g/mol. The van der Waals surface area contributed by atoms with Gasteiger partial charge in [-0.05, 0) is 24.1 Å². The van der Waals surface area contributed by atoms with Crippen LogP contribution in [0.5, 0.6) is 0 Å². The Hall–Kier alpha value is -1.52. The number of benzene rings is 1. The van der Waals surface area contributed by atoms with Gasteiger partial charge >= 0.3 is 6.18 Å². The van der Waals surface area contributed by atoms with Gasteiger partial charge in [-0.25, -0.2) is 4.99 Å². The summed E-state index contributed by atoms with van der Waals surface area (Å²) >= 11 is 0. The molecule has 0 saturated carbocycles. The summed E-state index contributed by atoms with van der Waals surface area (Å²) < 4.78 is 38.4. The average Bonchev–Trinajstić information content (AvgIpc) is 2.59. The highest BCUT2D eigenvalue weighted by Crippen LogP contribution is 2.29. The first-order valence-corrected chi connectivity index (χ1v) is 8.62. The number of rotatable bonds is 8. The second-order valence-corrected chi connectivity index (χ2v) is 6.14. The SMILES string of the molecule is CCCCCNC(=NCc1cccc(C(F)(F)F)c1)NCC(=O)N(C)C.I. The summed E-state index contributed by atoms with van der Waals surface area (Å²) in [4.78, 5) is 17.5. The molecule has 0 saturated heterocycles. The molecule has 0 bridgehead atoms. The van der Waals surface area contributed by atoms with E-state index in [-0.39, 0.29) is 43.0 Å². The maximum atomic E-state index is 12.8. The molecule has 1 amide bonds. The zero-order chi connectivity index (χ0) is 19.6. The Morgan fingerprint density at radius 1 is 1.19 bits per heavy atom. The third-order valence-corrected chi connectivity index (χ3v) is 3.65. The Bertz CT molecular complexity index is 607. The maximum Gasteiger partial charge on any atom is 0.416 e. The fourth-order valence-corrected chi connectivity index (χ4v) is 2.09. The van der Waals surface area contributed by atoms with Gasteiger partial charge in [-0.15, -0.1) is 24.0 Å². The molecule has 0 aliphatic carbocycles. The third-order valence-electron chi connectivity index (χ3n) is 3.65. The Morgan fingerprint density at radius 3 is 2.48 bits per heavy atom.